The topological polar surface area (TPSA) is 39.7 Å². The van der Waals surface area contributed by atoms with Crippen molar-refractivity contribution in [1.82, 2.24) is 5.48 Å². The highest BCUT2D eigenvalue weighted by Gasteiger charge is 2.14. The van der Waals surface area contributed by atoms with Crippen molar-refractivity contribution >= 4 is 0 Å². The molecule has 0 saturated carbocycles. The number of aryl methyl sites for hydroxylation is 1. The number of ether oxygens (including phenoxy) is 2. The summed E-state index contributed by atoms with van der Waals surface area (Å²) in [5, 5.41) is 0. The molecule has 0 radical (unpaired) electrons. The first kappa shape index (κ1) is 11.2. The van der Waals surface area contributed by atoms with Crippen LogP contribution in [-0.2, 0) is 17.8 Å². The number of nitrogens with one attached hydrogen (secondary N) is 1. The highest BCUT2D eigenvalue weighted by Crippen LogP contribution is 2.33. The Kier molecular flexibility index (Phi) is 3.64. The Labute approximate surface area is 95.5 Å². The molecule has 16 heavy (non-hydrogen) atoms. The van der Waals surface area contributed by atoms with Crippen molar-refractivity contribution in [1.29, 1.82) is 0 Å². The van der Waals surface area contributed by atoms with Crippen molar-refractivity contribution in [3.05, 3.63) is 23.3 Å². The second-order valence-corrected chi connectivity index (χ2v) is 3.64. The molecule has 1 aromatic rings. The van der Waals surface area contributed by atoms with Gasteiger partial charge in [-0.05, 0) is 29.7 Å². The van der Waals surface area contributed by atoms with Gasteiger partial charge in [0.05, 0.1) is 7.11 Å². The van der Waals surface area contributed by atoms with Crippen LogP contribution in [0.1, 0.15) is 18.1 Å². The summed E-state index contributed by atoms with van der Waals surface area (Å²) >= 11 is 0. The molecular weight excluding hydrogens is 206 g/mol. The van der Waals surface area contributed by atoms with E-state index in [1.807, 2.05) is 6.07 Å². The quantitative estimate of drug-likeness (QED) is 0.788. The fourth-order valence-electron chi connectivity index (χ4n) is 1.82. The molecular formula is C12H17NO3. The Morgan fingerprint density at radius 2 is 1.81 bits per heavy atom. The number of hydroxylamine groups is 1. The van der Waals surface area contributed by atoms with Crippen LogP contribution in [0.5, 0.6) is 11.5 Å². The molecule has 4 nitrogen and oxygen atoms in total. The first-order chi connectivity index (χ1) is 7.85. The van der Waals surface area contributed by atoms with Crippen molar-refractivity contribution in [2.45, 2.75) is 19.9 Å². The van der Waals surface area contributed by atoms with Crippen LogP contribution in [0.25, 0.3) is 0 Å². The van der Waals surface area contributed by atoms with Crippen molar-refractivity contribution in [2.24, 2.45) is 0 Å². The number of fused-ring (bicyclic) bond motifs is 1. The van der Waals surface area contributed by atoms with E-state index in [9.17, 15) is 0 Å². The van der Waals surface area contributed by atoms with Crippen molar-refractivity contribution in [3.63, 3.8) is 0 Å². The van der Waals surface area contributed by atoms with Crippen LogP contribution in [0.3, 0.4) is 0 Å². The molecule has 1 aromatic carbocycles. The summed E-state index contributed by atoms with van der Waals surface area (Å²) in [6.07, 6.45) is 0.970. The van der Waals surface area contributed by atoms with Gasteiger partial charge < -0.3 is 14.3 Å². The van der Waals surface area contributed by atoms with Crippen molar-refractivity contribution in [3.8, 4) is 11.5 Å². The molecule has 1 aliphatic rings. The fraction of sp³-hybridized carbons (Fsp3) is 0.500. The molecule has 1 heterocycles. The molecule has 4 heteroatoms. The highest BCUT2D eigenvalue weighted by molar-refractivity contribution is 5.48. The average Bonchev–Trinajstić information content (AvgIpc) is 2.35. The minimum atomic E-state index is 0.621. The lowest BCUT2D eigenvalue weighted by molar-refractivity contribution is 0.0863. The molecule has 0 spiro atoms. The first-order valence-electron chi connectivity index (χ1n) is 5.52. The SMILES string of the molecule is CCc1cc2c(cc1CNOC)OCCO2. The average molecular weight is 223 g/mol. The molecule has 0 fully saturated rings. The minimum Gasteiger partial charge on any atom is -0.486 e. The highest BCUT2D eigenvalue weighted by atomic mass is 16.6. The molecule has 0 saturated heterocycles. The van der Waals surface area contributed by atoms with Crippen LogP contribution >= 0.6 is 0 Å². The molecule has 2 rings (SSSR count). The normalized spacial score (nSPS) is 13.9. The van der Waals surface area contributed by atoms with Gasteiger partial charge in [0.2, 0.25) is 0 Å². The van der Waals surface area contributed by atoms with Crippen molar-refractivity contribution < 1.29 is 14.3 Å². The summed E-state index contributed by atoms with van der Waals surface area (Å²) < 4.78 is 11.1. The molecule has 0 atom stereocenters. The van der Waals surface area contributed by atoms with Gasteiger partial charge in [-0.1, -0.05) is 6.92 Å². The van der Waals surface area contributed by atoms with Gasteiger partial charge in [-0.25, -0.2) is 0 Å². The fourth-order valence-corrected chi connectivity index (χ4v) is 1.82. The zero-order valence-electron chi connectivity index (χ0n) is 9.71. The second kappa shape index (κ2) is 5.18. The molecule has 1 aliphatic heterocycles. The van der Waals surface area contributed by atoms with Crippen LogP contribution in [-0.4, -0.2) is 20.3 Å². The third-order valence-electron chi connectivity index (χ3n) is 2.65. The summed E-state index contributed by atoms with van der Waals surface area (Å²) in [4.78, 5) is 4.87. The third kappa shape index (κ3) is 2.28. The predicted molar refractivity (Wildman–Crippen MR) is 60.7 cm³/mol. The maximum atomic E-state index is 5.55. The van der Waals surface area contributed by atoms with Gasteiger partial charge in [-0.15, -0.1) is 0 Å². The van der Waals surface area contributed by atoms with E-state index >= 15 is 0 Å². The molecule has 1 N–H and O–H groups in total. The maximum absolute atomic E-state index is 5.55. The van der Waals surface area contributed by atoms with E-state index in [1.54, 1.807) is 7.11 Å². The van der Waals surface area contributed by atoms with Gasteiger partial charge in [0.15, 0.2) is 11.5 Å². The number of hydrogen-bond donors (Lipinski definition) is 1. The Morgan fingerprint density at radius 3 is 2.38 bits per heavy atom. The standard InChI is InChI=1S/C12H17NO3/c1-3-9-6-11-12(16-5-4-15-11)7-10(9)8-13-14-2/h6-7,13H,3-5,8H2,1-2H3. The summed E-state index contributed by atoms with van der Waals surface area (Å²) in [5.41, 5.74) is 5.30. The molecule has 0 aliphatic carbocycles. The lowest BCUT2D eigenvalue weighted by atomic mass is 10.0. The first-order valence-corrected chi connectivity index (χ1v) is 5.52. The Bertz CT molecular complexity index is 366. The Hall–Kier alpha value is -1.26. The molecule has 0 unspecified atom stereocenters. The van der Waals surface area contributed by atoms with E-state index < -0.39 is 0 Å². The van der Waals surface area contributed by atoms with Crippen molar-refractivity contribution in [2.75, 3.05) is 20.3 Å². The molecule has 0 amide bonds. The van der Waals surface area contributed by atoms with Gasteiger partial charge in [0.25, 0.3) is 0 Å². The zero-order chi connectivity index (χ0) is 11.4. The Morgan fingerprint density at radius 1 is 1.19 bits per heavy atom. The molecule has 88 valence electrons. The van der Waals surface area contributed by atoms with E-state index in [-0.39, 0.29) is 0 Å². The monoisotopic (exact) mass is 223 g/mol. The van der Waals surface area contributed by atoms with Crippen LogP contribution in [0, 0.1) is 0 Å². The number of rotatable bonds is 4. The van der Waals surface area contributed by atoms with E-state index in [4.69, 9.17) is 14.3 Å². The van der Waals surface area contributed by atoms with Crippen LogP contribution in [0.2, 0.25) is 0 Å². The third-order valence-corrected chi connectivity index (χ3v) is 2.65. The second-order valence-electron chi connectivity index (χ2n) is 3.64. The van der Waals surface area contributed by atoms with Crippen LogP contribution in [0.15, 0.2) is 12.1 Å². The van der Waals surface area contributed by atoms with E-state index in [2.05, 4.69) is 18.5 Å². The number of hydrogen-bond acceptors (Lipinski definition) is 4. The lowest BCUT2D eigenvalue weighted by Gasteiger charge is -2.21. The molecule has 0 aromatic heterocycles. The Balaban J connectivity index is 2.28. The largest absolute Gasteiger partial charge is 0.486 e. The van der Waals surface area contributed by atoms with E-state index in [1.165, 1.54) is 11.1 Å². The van der Waals surface area contributed by atoms with Crippen LogP contribution in [0.4, 0.5) is 0 Å². The summed E-state index contributed by atoms with van der Waals surface area (Å²) in [6, 6.07) is 4.08. The smallest absolute Gasteiger partial charge is 0.161 e. The van der Waals surface area contributed by atoms with E-state index in [0.29, 0.717) is 19.8 Å². The minimum absolute atomic E-state index is 0.621. The zero-order valence-corrected chi connectivity index (χ0v) is 9.71. The van der Waals surface area contributed by atoms with Gasteiger partial charge >= 0.3 is 0 Å². The summed E-state index contributed by atoms with van der Waals surface area (Å²) in [7, 11) is 1.61. The molecule has 0 bridgehead atoms. The van der Waals surface area contributed by atoms with Crippen LogP contribution < -0.4 is 15.0 Å². The van der Waals surface area contributed by atoms with E-state index in [0.717, 1.165) is 17.9 Å². The predicted octanol–water partition coefficient (Wildman–Crippen LogP) is 1.67. The number of benzene rings is 1. The summed E-state index contributed by atoms with van der Waals surface area (Å²) in [5.74, 6) is 1.68. The van der Waals surface area contributed by atoms with Gasteiger partial charge in [0, 0.05) is 6.54 Å². The lowest BCUT2D eigenvalue weighted by Crippen LogP contribution is -2.17. The summed E-state index contributed by atoms with van der Waals surface area (Å²) in [6.45, 7) is 4.06. The maximum Gasteiger partial charge on any atom is 0.161 e. The van der Waals surface area contributed by atoms with Gasteiger partial charge in [-0.2, -0.15) is 5.48 Å². The van der Waals surface area contributed by atoms with Gasteiger partial charge in [0.1, 0.15) is 13.2 Å². The van der Waals surface area contributed by atoms with Gasteiger partial charge in [-0.3, -0.25) is 0 Å².